The number of ketones is 1. The van der Waals surface area contributed by atoms with Crippen molar-refractivity contribution in [3.05, 3.63) is 47.6 Å². The molecule has 2 aliphatic carbocycles. The van der Waals surface area contributed by atoms with Crippen molar-refractivity contribution in [3.8, 4) is 0 Å². The number of carboxylic acids is 1. The predicted octanol–water partition coefficient (Wildman–Crippen LogP) is 4.22. The Kier molecular flexibility index (Phi) is 7.93. The standard InChI is InChI=1S/C25H32O6/c1-6-15(2)11-16(3)7-10-23(28)31-22-9-8-18(24(29)30)25(5)19(12-17(4)14-26)21(27)13-20(22)25/h7,10-11,13-15,18-19,22H,4,6,8-9,12H2,1-3,5H3,(H,29,30)/b10-7+,16-11+/t15-,18-,19-,22-,25+/m0/s1. The Balaban J connectivity index is 2.25. The maximum atomic E-state index is 12.8. The van der Waals surface area contributed by atoms with E-state index in [9.17, 15) is 24.3 Å². The van der Waals surface area contributed by atoms with Crippen molar-refractivity contribution in [1.29, 1.82) is 0 Å². The molecular weight excluding hydrogens is 396 g/mol. The first-order valence-corrected chi connectivity index (χ1v) is 10.7. The van der Waals surface area contributed by atoms with Gasteiger partial charge in [0.1, 0.15) is 12.4 Å². The van der Waals surface area contributed by atoms with Crippen molar-refractivity contribution >= 4 is 24.0 Å². The highest BCUT2D eigenvalue weighted by atomic mass is 16.5. The molecule has 1 fully saturated rings. The smallest absolute Gasteiger partial charge is 0.331 e. The number of hydrogen-bond acceptors (Lipinski definition) is 5. The van der Waals surface area contributed by atoms with Crippen LogP contribution in [-0.4, -0.2) is 35.2 Å². The summed E-state index contributed by atoms with van der Waals surface area (Å²) in [6.45, 7) is 11.5. The molecule has 6 heteroatoms. The maximum absolute atomic E-state index is 12.8. The molecule has 6 nitrogen and oxygen atoms in total. The summed E-state index contributed by atoms with van der Waals surface area (Å²) in [4.78, 5) is 48.2. The first-order chi connectivity index (χ1) is 14.5. The number of carboxylic acid groups (broad SMARTS) is 1. The maximum Gasteiger partial charge on any atom is 0.331 e. The summed E-state index contributed by atoms with van der Waals surface area (Å²) < 4.78 is 5.65. The number of carbonyl (C=O) groups is 4. The summed E-state index contributed by atoms with van der Waals surface area (Å²) in [5, 5.41) is 9.80. The minimum Gasteiger partial charge on any atom is -0.481 e. The molecule has 2 aliphatic rings. The minimum absolute atomic E-state index is 0.0861. The average molecular weight is 429 g/mol. The Morgan fingerprint density at radius 2 is 2.03 bits per heavy atom. The Bertz CT molecular complexity index is 861. The van der Waals surface area contributed by atoms with Gasteiger partial charge in [0.2, 0.25) is 0 Å². The van der Waals surface area contributed by atoms with E-state index in [2.05, 4.69) is 26.5 Å². The van der Waals surface area contributed by atoms with Crippen LogP contribution in [0, 0.1) is 23.2 Å². The Hall–Kier alpha value is -2.76. The second-order valence-corrected chi connectivity index (χ2v) is 8.84. The molecule has 0 amide bonds. The zero-order chi connectivity index (χ0) is 23.3. The third-order valence-electron chi connectivity index (χ3n) is 6.64. The van der Waals surface area contributed by atoms with Gasteiger partial charge in [-0.15, -0.1) is 0 Å². The van der Waals surface area contributed by atoms with E-state index in [1.807, 2.05) is 6.92 Å². The summed E-state index contributed by atoms with van der Waals surface area (Å²) in [7, 11) is 0. The van der Waals surface area contributed by atoms with Gasteiger partial charge in [-0.3, -0.25) is 14.4 Å². The zero-order valence-corrected chi connectivity index (χ0v) is 18.7. The fraction of sp³-hybridized carbons (Fsp3) is 0.520. The first kappa shape index (κ1) is 24.5. The highest BCUT2D eigenvalue weighted by Crippen LogP contribution is 2.56. The number of rotatable bonds is 9. The normalized spacial score (nSPS) is 29.3. The highest BCUT2D eigenvalue weighted by molar-refractivity contribution is 5.99. The molecule has 0 aromatic rings. The van der Waals surface area contributed by atoms with Crippen molar-refractivity contribution in [1.82, 2.24) is 0 Å². The van der Waals surface area contributed by atoms with E-state index >= 15 is 0 Å². The summed E-state index contributed by atoms with van der Waals surface area (Å²) >= 11 is 0. The van der Waals surface area contributed by atoms with Gasteiger partial charge in [-0.25, -0.2) is 4.79 Å². The average Bonchev–Trinajstić information content (AvgIpc) is 2.97. The van der Waals surface area contributed by atoms with Crippen molar-refractivity contribution in [2.75, 3.05) is 0 Å². The lowest BCUT2D eigenvalue weighted by molar-refractivity contribution is -0.152. The van der Waals surface area contributed by atoms with E-state index in [-0.39, 0.29) is 24.2 Å². The fourth-order valence-electron chi connectivity index (χ4n) is 4.69. The van der Waals surface area contributed by atoms with Gasteiger partial charge in [0.25, 0.3) is 0 Å². The lowest BCUT2D eigenvalue weighted by Gasteiger charge is -2.45. The van der Waals surface area contributed by atoms with E-state index in [0.29, 0.717) is 24.2 Å². The van der Waals surface area contributed by atoms with E-state index < -0.39 is 35.3 Å². The van der Waals surface area contributed by atoms with E-state index in [0.717, 1.165) is 12.0 Å². The van der Waals surface area contributed by atoms with E-state index in [1.165, 1.54) is 12.2 Å². The van der Waals surface area contributed by atoms with E-state index in [4.69, 9.17) is 4.74 Å². The summed E-state index contributed by atoms with van der Waals surface area (Å²) in [6, 6.07) is 0. The fourth-order valence-corrected chi connectivity index (χ4v) is 4.69. The highest BCUT2D eigenvalue weighted by Gasteiger charge is 2.58. The molecule has 0 aromatic heterocycles. The number of esters is 1. The summed E-state index contributed by atoms with van der Waals surface area (Å²) in [6.07, 6.45) is 8.14. The lowest BCUT2D eigenvalue weighted by Crippen LogP contribution is -2.47. The summed E-state index contributed by atoms with van der Waals surface area (Å²) in [5.74, 6) is -2.90. The van der Waals surface area contributed by atoms with Gasteiger partial charge in [-0.2, -0.15) is 0 Å². The molecule has 0 spiro atoms. The van der Waals surface area contributed by atoms with Crippen molar-refractivity contribution in [3.63, 3.8) is 0 Å². The van der Waals surface area contributed by atoms with Crippen molar-refractivity contribution in [2.24, 2.45) is 23.2 Å². The van der Waals surface area contributed by atoms with Gasteiger partial charge < -0.3 is 9.84 Å². The van der Waals surface area contributed by atoms with Crippen molar-refractivity contribution < 1.29 is 29.0 Å². The van der Waals surface area contributed by atoms with Gasteiger partial charge in [0.15, 0.2) is 5.78 Å². The molecule has 0 unspecified atom stereocenters. The Labute approximate surface area is 183 Å². The number of hydrogen-bond donors (Lipinski definition) is 1. The number of ether oxygens (including phenoxy) is 1. The molecule has 0 heterocycles. The molecule has 168 valence electrons. The Morgan fingerprint density at radius 1 is 1.35 bits per heavy atom. The molecule has 5 atom stereocenters. The molecule has 1 N–H and O–H groups in total. The third-order valence-corrected chi connectivity index (χ3v) is 6.64. The van der Waals surface area contributed by atoms with Crippen LogP contribution in [-0.2, 0) is 23.9 Å². The van der Waals surface area contributed by atoms with Gasteiger partial charge in [-0.1, -0.05) is 51.5 Å². The quantitative estimate of drug-likeness (QED) is 0.256. The number of allylic oxidation sites excluding steroid dienone is 5. The minimum atomic E-state index is -1.03. The van der Waals surface area contributed by atoms with Crippen LogP contribution in [0.2, 0.25) is 0 Å². The van der Waals surface area contributed by atoms with Crippen LogP contribution in [0.1, 0.15) is 53.4 Å². The molecule has 2 rings (SSSR count). The molecular formula is C25H32O6. The topological polar surface area (TPSA) is 97.7 Å². The second-order valence-electron chi connectivity index (χ2n) is 8.84. The number of aliphatic carboxylic acids is 1. The van der Waals surface area contributed by atoms with Gasteiger partial charge in [-0.05, 0) is 49.3 Å². The largest absolute Gasteiger partial charge is 0.481 e. The van der Waals surface area contributed by atoms with Crippen LogP contribution < -0.4 is 0 Å². The van der Waals surface area contributed by atoms with Crippen LogP contribution in [0.15, 0.2) is 47.6 Å². The number of aldehydes is 1. The molecule has 0 aromatic carbocycles. The molecule has 1 saturated carbocycles. The third kappa shape index (κ3) is 5.30. The lowest BCUT2D eigenvalue weighted by atomic mass is 9.59. The van der Waals surface area contributed by atoms with Crippen molar-refractivity contribution in [2.45, 2.75) is 59.5 Å². The Morgan fingerprint density at radius 3 is 2.61 bits per heavy atom. The molecule has 0 bridgehead atoms. The second kappa shape index (κ2) is 10.0. The first-order valence-electron chi connectivity index (χ1n) is 10.7. The predicted molar refractivity (Wildman–Crippen MR) is 117 cm³/mol. The van der Waals surface area contributed by atoms with Crippen LogP contribution in [0.5, 0.6) is 0 Å². The van der Waals surface area contributed by atoms with Gasteiger partial charge >= 0.3 is 11.9 Å². The summed E-state index contributed by atoms with van der Waals surface area (Å²) in [5.41, 5.74) is 0.680. The van der Waals surface area contributed by atoms with Crippen LogP contribution in [0.25, 0.3) is 0 Å². The van der Waals surface area contributed by atoms with Gasteiger partial charge in [0, 0.05) is 17.4 Å². The van der Waals surface area contributed by atoms with Crippen LogP contribution in [0.3, 0.4) is 0 Å². The molecule has 0 aliphatic heterocycles. The molecule has 0 saturated heterocycles. The van der Waals surface area contributed by atoms with Crippen LogP contribution in [0.4, 0.5) is 0 Å². The molecule has 0 radical (unpaired) electrons. The van der Waals surface area contributed by atoms with Gasteiger partial charge in [0.05, 0.1) is 5.92 Å². The van der Waals surface area contributed by atoms with E-state index in [1.54, 1.807) is 13.0 Å². The SMILES string of the molecule is C=C(C=O)C[C@H]1C(=O)C=C2[C@@H](OC(=O)/C=C/C(C)=C/[C@@H](C)CC)CC[C@@H](C(=O)O)[C@@]21C. The number of fused-ring (bicyclic) bond motifs is 1. The molecule has 31 heavy (non-hydrogen) atoms. The monoisotopic (exact) mass is 428 g/mol. The van der Waals surface area contributed by atoms with Crippen LogP contribution >= 0.6 is 0 Å². The zero-order valence-electron chi connectivity index (χ0n) is 18.7. The number of carbonyl (C=O) groups excluding carboxylic acids is 3.